The highest BCUT2D eigenvalue weighted by molar-refractivity contribution is 6.33. The van der Waals surface area contributed by atoms with Crippen molar-refractivity contribution >= 4 is 23.2 Å². The van der Waals surface area contributed by atoms with Gasteiger partial charge in [-0.05, 0) is 19.1 Å². The number of halogens is 2. The molecule has 1 aliphatic heterocycles. The summed E-state index contributed by atoms with van der Waals surface area (Å²) in [5, 5.41) is 2.74. The quantitative estimate of drug-likeness (QED) is 0.753. The predicted molar refractivity (Wildman–Crippen MR) is 69.7 cm³/mol. The Morgan fingerprint density at radius 2 is 2.26 bits per heavy atom. The van der Waals surface area contributed by atoms with E-state index in [-0.39, 0.29) is 10.8 Å². The SMILES string of the molecule is Cc1cc2c(c(Cl)n1)-c1cccnc1C(F)C(=O)N2. The molecule has 0 spiro atoms. The van der Waals surface area contributed by atoms with Crippen LogP contribution in [0.5, 0.6) is 0 Å². The van der Waals surface area contributed by atoms with Crippen molar-refractivity contribution in [3.05, 3.63) is 40.9 Å². The summed E-state index contributed by atoms with van der Waals surface area (Å²) in [4.78, 5) is 19.9. The van der Waals surface area contributed by atoms with Gasteiger partial charge in [-0.1, -0.05) is 17.7 Å². The molecule has 0 bridgehead atoms. The fourth-order valence-corrected chi connectivity index (χ4v) is 2.48. The molecule has 0 radical (unpaired) electrons. The third-order valence-corrected chi connectivity index (χ3v) is 3.21. The molecule has 2 aromatic rings. The highest BCUT2D eigenvalue weighted by atomic mass is 35.5. The van der Waals surface area contributed by atoms with E-state index in [1.165, 1.54) is 6.20 Å². The van der Waals surface area contributed by atoms with Gasteiger partial charge in [0, 0.05) is 23.0 Å². The lowest BCUT2D eigenvalue weighted by molar-refractivity contribution is -0.121. The summed E-state index contributed by atoms with van der Waals surface area (Å²) < 4.78 is 14.1. The molecule has 2 aromatic heterocycles. The number of anilines is 1. The fraction of sp³-hybridized carbons (Fsp3) is 0.154. The Labute approximate surface area is 113 Å². The molecular weight excluding hydrogens is 269 g/mol. The Balaban J connectivity index is 2.38. The maximum absolute atomic E-state index is 14.1. The maximum atomic E-state index is 14.1. The van der Waals surface area contributed by atoms with Gasteiger partial charge < -0.3 is 5.32 Å². The Morgan fingerprint density at radius 3 is 3.05 bits per heavy atom. The number of fused-ring (bicyclic) bond motifs is 3. The van der Waals surface area contributed by atoms with Gasteiger partial charge in [-0.2, -0.15) is 0 Å². The minimum Gasteiger partial charge on any atom is -0.322 e. The molecule has 1 N–H and O–H groups in total. The van der Waals surface area contributed by atoms with Crippen LogP contribution in [0, 0.1) is 6.92 Å². The number of nitrogens with one attached hydrogen (secondary N) is 1. The van der Waals surface area contributed by atoms with Gasteiger partial charge >= 0.3 is 0 Å². The van der Waals surface area contributed by atoms with Crippen molar-refractivity contribution in [2.75, 3.05) is 5.32 Å². The molecule has 96 valence electrons. The Hall–Kier alpha value is -2.01. The Bertz CT molecular complexity index is 690. The van der Waals surface area contributed by atoms with Gasteiger partial charge in [0.15, 0.2) is 0 Å². The molecule has 3 rings (SSSR count). The van der Waals surface area contributed by atoms with Crippen LogP contribution in [-0.2, 0) is 4.79 Å². The first-order chi connectivity index (χ1) is 9.08. The average Bonchev–Trinajstić information content (AvgIpc) is 2.46. The highest BCUT2D eigenvalue weighted by Crippen LogP contribution is 2.41. The van der Waals surface area contributed by atoms with E-state index in [1.807, 2.05) is 0 Å². The zero-order valence-electron chi connectivity index (χ0n) is 9.95. The third kappa shape index (κ3) is 1.86. The number of aryl methyl sites for hydroxylation is 1. The molecule has 1 atom stereocenters. The number of amides is 1. The average molecular weight is 278 g/mol. The van der Waals surface area contributed by atoms with Crippen molar-refractivity contribution in [1.82, 2.24) is 9.97 Å². The number of nitrogens with zero attached hydrogens (tertiary/aromatic N) is 2. The van der Waals surface area contributed by atoms with Gasteiger partial charge in [-0.25, -0.2) is 9.37 Å². The van der Waals surface area contributed by atoms with Crippen LogP contribution in [-0.4, -0.2) is 15.9 Å². The van der Waals surface area contributed by atoms with Crippen LogP contribution in [0.2, 0.25) is 5.15 Å². The lowest BCUT2D eigenvalue weighted by atomic mass is 10.0. The second kappa shape index (κ2) is 4.28. The van der Waals surface area contributed by atoms with Crippen LogP contribution < -0.4 is 5.32 Å². The number of carbonyl (C=O) groups excluding carboxylic acids is 1. The summed E-state index contributed by atoms with van der Waals surface area (Å²) in [7, 11) is 0. The molecule has 3 heterocycles. The zero-order valence-corrected chi connectivity index (χ0v) is 10.7. The largest absolute Gasteiger partial charge is 0.322 e. The minimum absolute atomic E-state index is 0.0614. The summed E-state index contributed by atoms with van der Waals surface area (Å²) in [5.74, 6) is -0.750. The molecule has 0 saturated heterocycles. The van der Waals surface area contributed by atoms with Gasteiger partial charge in [0.25, 0.3) is 5.91 Å². The van der Waals surface area contributed by atoms with Crippen molar-refractivity contribution in [2.45, 2.75) is 13.1 Å². The van der Waals surface area contributed by atoms with E-state index in [2.05, 4.69) is 15.3 Å². The van der Waals surface area contributed by atoms with Crippen molar-refractivity contribution in [3.63, 3.8) is 0 Å². The van der Waals surface area contributed by atoms with Gasteiger partial charge in [0.05, 0.1) is 11.4 Å². The van der Waals surface area contributed by atoms with Crippen molar-refractivity contribution in [2.24, 2.45) is 0 Å². The van der Waals surface area contributed by atoms with E-state index >= 15 is 0 Å². The van der Waals surface area contributed by atoms with Crippen LogP contribution >= 0.6 is 11.6 Å². The Morgan fingerprint density at radius 1 is 1.47 bits per heavy atom. The van der Waals surface area contributed by atoms with Gasteiger partial charge in [0.1, 0.15) is 5.15 Å². The molecule has 0 fully saturated rings. The molecule has 0 saturated carbocycles. The van der Waals surface area contributed by atoms with Crippen LogP contribution in [0.25, 0.3) is 11.1 Å². The summed E-state index contributed by atoms with van der Waals surface area (Å²) in [6.07, 6.45) is -0.376. The minimum atomic E-state index is -1.82. The summed E-state index contributed by atoms with van der Waals surface area (Å²) >= 11 is 6.13. The maximum Gasteiger partial charge on any atom is 0.265 e. The number of pyridine rings is 2. The van der Waals surface area contributed by atoms with Crippen LogP contribution in [0.4, 0.5) is 10.1 Å². The molecular formula is C13H9ClFN3O. The van der Waals surface area contributed by atoms with Crippen LogP contribution in [0.15, 0.2) is 24.4 Å². The number of aromatic nitrogens is 2. The summed E-state index contributed by atoms with van der Waals surface area (Å²) in [5.41, 5.74) is 2.15. The topological polar surface area (TPSA) is 54.9 Å². The normalized spacial score (nSPS) is 17.2. The first kappa shape index (κ1) is 12.0. The van der Waals surface area contributed by atoms with E-state index in [9.17, 15) is 9.18 Å². The van der Waals surface area contributed by atoms with Crippen molar-refractivity contribution < 1.29 is 9.18 Å². The molecule has 0 aliphatic carbocycles. The summed E-state index contributed by atoms with van der Waals surface area (Å²) in [6, 6.07) is 5.01. The first-order valence-corrected chi connectivity index (χ1v) is 6.03. The molecule has 1 aliphatic rings. The van der Waals surface area contributed by atoms with Crippen LogP contribution in [0.3, 0.4) is 0 Å². The molecule has 19 heavy (non-hydrogen) atoms. The second-order valence-electron chi connectivity index (χ2n) is 4.27. The first-order valence-electron chi connectivity index (χ1n) is 5.65. The fourth-order valence-electron chi connectivity index (χ4n) is 2.14. The number of alkyl halides is 1. The second-order valence-corrected chi connectivity index (χ2v) is 4.62. The van der Waals surface area contributed by atoms with E-state index in [0.717, 1.165) is 0 Å². The van der Waals surface area contributed by atoms with Gasteiger partial charge in [-0.3, -0.25) is 9.78 Å². The molecule has 1 amide bonds. The standard InChI is InChI=1S/C13H9ClFN3O/c1-6-5-8-9(12(14)17-6)7-3-2-4-16-11(7)10(15)13(19)18-8/h2-5,10H,1H3,(H,18,19). The van der Waals surface area contributed by atoms with E-state index in [1.54, 1.807) is 25.1 Å². The third-order valence-electron chi connectivity index (χ3n) is 2.94. The van der Waals surface area contributed by atoms with E-state index in [0.29, 0.717) is 22.5 Å². The number of hydrogen-bond donors (Lipinski definition) is 1. The van der Waals surface area contributed by atoms with E-state index < -0.39 is 12.1 Å². The molecule has 0 aromatic carbocycles. The number of carbonyl (C=O) groups is 1. The van der Waals surface area contributed by atoms with Crippen LogP contribution in [0.1, 0.15) is 17.6 Å². The molecule has 6 heteroatoms. The molecule has 1 unspecified atom stereocenters. The lowest BCUT2D eigenvalue weighted by Gasteiger charge is -2.10. The zero-order chi connectivity index (χ0) is 13.6. The summed E-state index contributed by atoms with van der Waals surface area (Å²) in [6.45, 7) is 1.75. The number of hydrogen-bond acceptors (Lipinski definition) is 3. The van der Waals surface area contributed by atoms with Gasteiger partial charge in [-0.15, -0.1) is 0 Å². The Kier molecular flexibility index (Phi) is 2.71. The van der Waals surface area contributed by atoms with E-state index in [4.69, 9.17) is 11.6 Å². The molecule has 4 nitrogen and oxygen atoms in total. The lowest BCUT2D eigenvalue weighted by Crippen LogP contribution is -2.17. The highest BCUT2D eigenvalue weighted by Gasteiger charge is 2.31. The smallest absolute Gasteiger partial charge is 0.265 e. The predicted octanol–water partition coefficient (Wildman–Crippen LogP) is 3.07. The number of rotatable bonds is 0. The van der Waals surface area contributed by atoms with Gasteiger partial charge in [0.2, 0.25) is 6.17 Å². The monoisotopic (exact) mass is 277 g/mol. The van der Waals surface area contributed by atoms with Crippen molar-refractivity contribution in [3.8, 4) is 11.1 Å². The van der Waals surface area contributed by atoms with Crippen molar-refractivity contribution in [1.29, 1.82) is 0 Å².